The maximum absolute atomic E-state index is 13.5. The number of hydrogen-bond donors (Lipinski definition) is 1. The molecule has 1 amide bonds. The number of amides is 1. The number of anilines is 1. The summed E-state index contributed by atoms with van der Waals surface area (Å²) < 4.78 is 15.4. The predicted octanol–water partition coefficient (Wildman–Crippen LogP) is 4.85. The number of nitrogens with zero attached hydrogens (tertiary/aromatic N) is 4. The van der Waals surface area contributed by atoms with Gasteiger partial charge >= 0.3 is 0 Å². The van der Waals surface area contributed by atoms with Crippen molar-refractivity contribution in [2.75, 3.05) is 30.4 Å². The first-order valence-corrected chi connectivity index (χ1v) is 12.8. The van der Waals surface area contributed by atoms with Crippen molar-refractivity contribution < 1.29 is 9.18 Å². The highest BCUT2D eigenvalue weighted by molar-refractivity contribution is 7.99. The minimum absolute atomic E-state index is 0.112. The average molecular weight is 472 g/mol. The van der Waals surface area contributed by atoms with E-state index in [1.807, 2.05) is 35.1 Å². The van der Waals surface area contributed by atoms with Crippen molar-refractivity contribution in [2.45, 2.75) is 35.9 Å². The Morgan fingerprint density at radius 3 is 2.62 bits per heavy atom. The SMILES string of the molecule is CSc1cccc(NC(=O)CSc2nnc(CN3CCCCC3)n2-c2ccc(F)cc2)c1. The largest absolute Gasteiger partial charge is 0.325 e. The molecule has 1 aromatic heterocycles. The number of carbonyl (C=O) groups excluding carboxylic acids is 1. The molecule has 1 N–H and O–H groups in total. The molecule has 0 atom stereocenters. The van der Waals surface area contributed by atoms with E-state index in [1.54, 1.807) is 23.9 Å². The molecular formula is C23H26FN5OS2. The molecule has 9 heteroatoms. The van der Waals surface area contributed by atoms with Crippen molar-refractivity contribution in [1.29, 1.82) is 0 Å². The van der Waals surface area contributed by atoms with Crippen LogP contribution in [-0.2, 0) is 11.3 Å². The van der Waals surface area contributed by atoms with E-state index >= 15 is 0 Å². The molecule has 1 aliphatic rings. The fraction of sp³-hybridized carbons (Fsp3) is 0.348. The molecule has 3 aromatic rings. The molecule has 0 unspecified atom stereocenters. The van der Waals surface area contributed by atoms with Gasteiger partial charge in [0.1, 0.15) is 5.82 Å². The normalized spacial score (nSPS) is 14.4. The third kappa shape index (κ3) is 5.90. The Balaban J connectivity index is 1.49. The molecule has 1 fully saturated rings. The molecule has 168 valence electrons. The molecule has 0 spiro atoms. The second kappa shape index (κ2) is 11.0. The molecule has 4 rings (SSSR count). The molecule has 0 radical (unpaired) electrons. The number of carbonyl (C=O) groups is 1. The predicted molar refractivity (Wildman–Crippen MR) is 128 cm³/mol. The van der Waals surface area contributed by atoms with Gasteiger partial charge in [-0.1, -0.05) is 24.2 Å². The van der Waals surface area contributed by atoms with Crippen molar-refractivity contribution >= 4 is 35.1 Å². The summed E-state index contributed by atoms with van der Waals surface area (Å²) >= 11 is 2.96. The molecular weight excluding hydrogens is 445 g/mol. The third-order valence-electron chi connectivity index (χ3n) is 5.28. The molecule has 0 aliphatic carbocycles. The zero-order valence-electron chi connectivity index (χ0n) is 18.0. The van der Waals surface area contributed by atoms with Crippen molar-refractivity contribution in [3.63, 3.8) is 0 Å². The van der Waals surface area contributed by atoms with Crippen LogP contribution < -0.4 is 5.32 Å². The summed E-state index contributed by atoms with van der Waals surface area (Å²) in [4.78, 5) is 16.0. The van der Waals surface area contributed by atoms with Gasteiger partial charge in [0.25, 0.3) is 0 Å². The standard InChI is InChI=1S/C23H26FN5OS2/c1-31-20-7-5-6-18(14-20)25-22(30)16-32-23-27-26-21(15-28-12-3-2-4-13-28)29(23)19-10-8-17(24)9-11-19/h5-11,14H,2-4,12-13,15-16H2,1H3,(H,25,30). The quantitative estimate of drug-likeness (QED) is 0.474. The van der Waals surface area contributed by atoms with E-state index in [0.717, 1.165) is 35.2 Å². The second-order valence-electron chi connectivity index (χ2n) is 7.62. The third-order valence-corrected chi connectivity index (χ3v) is 6.94. The van der Waals surface area contributed by atoms with Gasteiger partial charge in [-0.2, -0.15) is 0 Å². The van der Waals surface area contributed by atoms with E-state index in [2.05, 4.69) is 20.4 Å². The van der Waals surface area contributed by atoms with Crippen molar-refractivity contribution in [3.05, 3.63) is 60.2 Å². The Labute approximate surface area is 196 Å². The van der Waals surface area contributed by atoms with E-state index in [-0.39, 0.29) is 17.5 Å². The Morgan fingerprint density at radius 2 is 1.88 bits per heavy atom. The highest BCUT2D eigenvalue weighted by Gasteiger charge is 2.19. The Morgan fingerprint density at radius 1 is 1.09 bits per heavy atom. The van der Waals surface area contributed by atoms with Crippen molar-refractivity contribution in [2.24, 2.45) is 0 Å². The molecule has 0 saturated carbocycles. The number of hydrogen-bond acceptors (Lipinski definition) is 6. The highest BCUT2D eigenvalue weighted by Crippen LogP contribution is 2.25. The molecule has 0 bridgehead atoms. The fourth-order valence-corrected chi connectivity index (χ4v) is 4.92. The van der Waals surface area contributed by atoms with Gasteiger partial charge in [-0.05, 0) is 74.7 Å². The van der Waals surface area contributed by atoms with E-state index in [1.165, 1.54) is 43.2 Å². The minimum Gasteiger partial charge on any atom is -0.325 e. The number of thioether (sulfide) groups is 2. The van der Waals surface area contributed by atoms with Crippen LogP contribution in [0.3, 0.4) is 0 Å². The monoisotopic (exact) mass is 471 g/mol. The summed E-state index contributed by atoms with van der Waals surface area (Å²) in [5.74, 6) is 0.598. The van der Waals surface area contributed by atoms with Crippen LogP contribution in [0.2, 0.25) is 0 Å². The van der Waals surface area contributed by atoms with Crippen LogP contribution in [0.4, 0.5) is 10.1 Å². The average Bonchev–Trinajstić information content (AvgIpc) is 3.21. The molecule has 1 aliphatic heterocycles. The second-order valence-corrected chi connectivity index (χ2v) is 9.44. The van der Waals surface area contributed by atoms with Gasteiger partial charge in [-0.15, -0.1) is 22.0 Å². The van der Waals surface area contributed by atoms with Gasteiger partial charge in [-0.3, -0.25) is 14.3 Å². The number of halogens is 1. The number of rotatable bonds is 8. The number of piperidine rings is 1. The number of aromatic nitrogens is 3. The molecule has 32 heavy (non-hydrogen) atoms. The van der Waals surface area contributed by atoms with Crippen LogP contribution in [0, 0.1) is 5.82 Å². The van der Waals surface area contributed by atoms with Crippen molar-refractivity contribution in [1.82, 2.24) is 19.7 Å². The summed E-state index contributed by atoms with van der Waals surface area (Å²) in [5, 5.41) is 12.3. The van der Waals surface area contributed by atoms with E-state index < -0.39 is 0 Å². The smallest absolute Gasteiger partial charge is 0.234 e. The van der Waals surface area contributed by atoms with Crippen LogP contribution in [0.5, 0.6) is 0 Å². The van der Waals surface area contributed by atoms with Crippen LogP contribution in [0.15, 0.2) is 58.6 Å². The topological polar surface area (TPSA) is 63.1 Å². The number of likely N-dealkylation sites (tertiary alicyclic amines) is 1. The van der Waals surface area contributed by atoms with Gasteiger partial charge in [0.2, 0.25) is 5.91 Å². The summed E-state index contributed by atoms with van der Waals surface area (Å²) in [5.41, 5.74) is 1.56. The summed E-state index contributed by atoms with van der Waals surface area (Å²) in [6.07, 6.45) is 5.63. The van der Waals surface area contributed by atoms with Crippen molar-refractivity contribution in [3.8, 4) is 5.69 Å². The Kier molecular flexibility index (Phi) is 7.83. The lowest BCUT2D eigenvalue weighted by atomic mass is 10.1. The number of nitrogens with one attached hydrogen (secondary N) is 1. The summed E-state index contributed by atoms with van der Waals surface area (Å²) in [6, 6.07) is 14.1. The van der Waals surface area contributed by atoms with Gasteiger partial charge in [0.15, 0.2) is 11.0 Å². The first kappa shape index (κ1) is 22.8. The zero-order chi connectivity index (χ0) is 22.3. The van der Waals surface area contributed by atoms with E-state index in [4.69, 9.17) is 0 Å². The van der Waals surface area contributed by atoms with Crippen LogP contribution in [-0.4, -0.2) is 50.7 Å². The summed E-state index contributed by atoms with van der Waals surface area (Å²) in [7, 11) is 0. The lowest BCUT2D eigenvalue weighted by Gasteiger charge is -2.26. The van der Waals surface area contributed by atoms with Gasteiger partial charge in [-0.25, -0.2) is 4.39 Å². The molecule has 6 nitrogen and oxygen atoms in total. The maximum atomic E-state index is 13.5. The maximum Gasteiger partial charge on any atom is 0.234 e. The van der Waals surface area contributed by atoms with Gasteiger partial charge < -0.3 is 5.32 Å². The Bertz CT molecular complexity index is 1050. The molecule has 2 aromatic carbocycles. The zero-order valence-corrected chi connectivity index (χ0v) is 19.6. The van der Waals surface area contributed by atoms with Gasteiger partial charge in [0.05, 0.1) is 12.3 Å². The molecule has 2 heterocycles. The lowest BCUT2D eigenvalue weighted by Crippen LogP contribution is -2.30. The van der Waals surface area contributed by atoms with E-state index in [0.29, 0.717) is 11.7 Å². The summed E-state index contributed by atoms with van der Waals surface area (Å²) in [6.45, 7) is 2.76. The minimum atomic E-state index is -0.291. The van der Waals surface area contributed by atoms with Crippen LogP contribution >= 0.6 is 23.5 Å². The van der Waals surface area contributed by atoms with Gasteiger partial charge in [0, 0.05) is 16.3 Å². The van der Waals surface area contributed by atoms with E-state index in [9.17, 15) is 9.18 Å². The van der Waals surface area contributed by atoms with Crippen LogP contribution in [0.1, 0.15) is 25.1 Å². The lowest BCUT2D eigenvalue weighted by molar-refractivity contribution is -0.113. The first-order chi connectivity index (χ1) is 15.6. The fourth-order valence-electron chi connectivity index (χ4n) is 3.69. The van der Waals surface area contributed by atoms with Crippen LogP contribution in [0.25, 0.3) is 5.69 Å². The number of benzene rings is 2. The first-order valence-electron chi connectivity index (χ1n) is 10.6. The Hall–Kier alpha value is -2.36. The highest BCUT2D eigenvalue weighted by atomic mass is 32.2. The molecule has 1 saturated heterocycles.